The Morgan fingerprint density at radius 2 is 2.10 bits per heavy atom. The molecular weight excluding hydrogens is 416 g/mol. The van der Waals surface area contributed by atoms with Gasteiger partial charge in [-0.25, -0.2) is 0 Å². The summed E-state index contributed by atoms with van der Waals surface area (Å²) < 4.78 is 6.11. The summed E-state index contributed by atoms with van der Waals surface area (Å²) in [7, 11) is 1.89. The number of nitrogens with zero attached hydrogens (tertiary/aromatic N) is 1. The summed E-state index contributed by atoms with van der Waals surface area (Å²) in [6.45, 7) is 2.75. The first-order valence-electron chi connectivity index (χ1n) is 11.4. The molecule has 8 heteroatoms. The van der Waals surface area contributed by atoms with Crippen LogP contribution in [-0.4, -0.2) is 50.5 Å². The van der Waals surface area contributed by atoms with Crippen LogP contribution >= 0.6 is 11.6 Å². The lowest BCUT2D eigenvalue weighted by molar-refractivity contribution is -0.125. The van der Waals surface area contributed by atoms with E-state index in [0.717, 1.165) is 69.0 Å². The van der Waals surface area contributed by atoms with E-state index in [1.165, 1.54) is 24.0 Å². The van der Waals surface area contributed by atoms with E-state index >= 15 is 0 Å². The molecule has 2 amide bonds. The van der Waals surface area contributed by atoms with Crippen LogP contribution in [0.25, 0.3) is 0 Å². The number of carbonyl (C=O) groups excluding carboxylic acids is 2. The molecule has 3 N–H and O–H groups in total. The number of hydrazine groups is 1. The van der Waals surface area contributed by atoms with Crippen molar-refractivity contribution in [2.45, 2.75) is 57.4 Å². The number of imide groups is 1. The molecule has 2 aliphatic rings. The fourth-order valence-electron chi connectivity index (χ4n) is 4.03. The van der Waals surface area contributed by atoms with Crippen molar-refractivity contribution in [2.75, 3.05) is 33.3 Å². The van der Waals surface area contributed by atoms with Gasteiger partial charge in [-0.3, -0.25) is 30.7 Å². The number of amides is 2. The van der Waals surface area contributed by atoms with Crippen LogP contribution in [0.1, 0.15) is 62.1 Å². The number of carbonyl (C=O) groups is 2. The molecule has 0 radical (unpaired) electrons. The molecule has 2 aliphatic carbocycles. The molecular formula is C23H35ClN4O3. The largest absolute Gasteiger partial charge is 0.491 e. The second-order valence-electron chi connectivity index (χ2n) is 8.70. The molecule has 7 nitrogen and oxygen atoms in total. The van der Waals surface area contributed by atoms with Crippen LogP contribution in [-0.2, 0) is 16.0 Å². The molecule has 1 aromatic carbocycles. The summed E-state index contributed by atoms with van der Waals surface area (Å²) in [4.78, 5) is 23.5. The van der Waals surface area contributed by atoms with Crippen LogP contribution in [0.4, 0.5) is 0 Å². The molecule has 0 aliphatic heterocycles. The van der Waals surface area contributed by atoms with Crippen molar-refractivity contribution in [3.63, 3.8) is 0 Å². The second kappa shape index (κ2) is 12.4. The van der Waals surface area contributed by atoms with E-state index in [1.54, 1.807) is 0 Å². The maximum absolute atomic E-state index is 11.4. The Morgan fingerprint density at radius 3 is 2.87 bits per heavy atom. The fraction of sp³-hybridized carbons (Fsp3) is 0.652. The maximum Gasteiger partial charge on any atom is 0.240 e. The zero-order valence-electron chi connectivity index (χ0n) is 18.4. The molecule has 0 heterocycles. The lowest BCUT2D eigenvalue weighted by Gasteiger charge is -2.29. The topological polar surface area (TPSA) is 82.7 Å². The van der Waals surface area contributed by atoms with E-state index in [4.69, 9.17) is 16.3 Å². The van der Waals surface area contributed by atoms with Crippen LogP contribution in [0.5, 0.6) is 5.75 Å². The van der Waals surface area contributed by atoms with E-state index < -0.39 is 0 Å². The van der Waals surface area contributed by atoms with Crippen LogP contribution in [0.3, 0.4) is 0 Å². The number of unbranched alkanes of at least 4 members (excludes halogenated alkanes) is 2. The van der Waals surface area contributed by atoms with Gasteiger partial charge in [-0.2, -0.15) is 0 Å². The molecule has 1 saturated carbocycles. The Bertz CT molecular complexity index is 742. The van der Waals surface area contributed by atoms with Crippen molar-refractivity contribution in [1.29, 1.82) is 0 Å². The minimum Gasteiger partial charge on any atom is -0.491 e. The summed E-state index contributed by atoms with van der Waals surface area (Å²) in [5, 5.41) is 2.88. The number of halogens is 1. The average Bonchev–Trinajstić information content (AvgIpc) is 3.57. The molecule has 172 valence electrons. The molecule has 31 heavy (non-hydrogen) atoms. The van der Waals surface area contributed by atoms with Gasteiger partial charge in [-0.05, 0) is 76.1 Å². The SMILES string of the molecule is CN(CCCCCNNC1CCCc2c1ccc(Cl)c2OCC1CC1)CC(=O)NC=O. The van der Waals surface area contributed by atoms with E-state index in [9.17, 15) is 9.59 Å². The summed E-state index contributed by atoms with van der Waals surface area (Å²) in [5.41, 5.74) is 9.44. The molecule has 1 unspecified atom stereocenters. The lowest BCUT2D eigenvalue weighted by Crippen LogP contribution is -2.37. The number of hydrogen-bond acceptors (Lipinski definition) is 6. The highest BCUT2D eigenvalue weighted by Gasteiger charge is 2.27. The van der Waals surface area contributed by atoms with Gasteiger partial charge >= 0.3 is 0 Å². The summed E-state index contributed by atoms with van der Waals surface area (Å²) in [5.74, 6) is 1.33. The normalized spacial score (nSPS) is 18.0. The van der Waals surface area contributed by atoms with Gasteiger partial charge in [0.1, 0.15) is 5.75 Å². The van der Waals surface area contributed by atoms with Crippen molar-refractivity contribution in [1.82, 2.24) is 21.1 Å². The van der Waals surface area contributed by atoms with E-state index in [2.05, 4.69) is 22.2 Å². The van der Waals surface area contributed by atoms with Crippen LogP contribution in [0.2, 0.25) is 5.02 Å². The first kappa shape index (κ1) is 24.0. The Hall–Kier alpha value is -1.67. The summed E-state index contributed by atoms with van der Waals surface area (Å²) >= 11 is 6.45. The van der Waals surface area contributed by atoms with E-state index in [1.807, 2.05) is 18.0 Å². The Labute approximate surface area is 190 Å². The quantitative estimate of drug-likeness (QED) is 0.229. The van der Waals surface area contributed by atoms with Crippen LogP contribution < -0.4 is 20.9 Å². The van der Waals surface area contributed by atoms with Crippen molar-refractivity contribution >= 4 is 23.9 Å². The molecule has 3 rings (SSSR count). The monoisotopic (exact) mass is 450 g/mol. The van der Waals surface area contributed by atoms with Crippen molar-refractivity contribution in [3.8, 4) is 5.75 Å². The molecule has 1 fully saturated rings. The van der Waals surface area contributed by atoms with Gasteiger partial charge in [-0.15, -0.1) is 0 Å². The second-order valence-corrected chi connectivity index (χ2v) is 9.11. The van der Waals surface area contributed by atoms with Crippen molar-refractivity contribution in [3.05, 3.63) is 28.3 Å². The minimum absolute atomic E-state index is 0.246. The Balaban J connectivity index is 1.36. The Morgan fingerprint density at radius 1 is 1.26 bits per heavy atom. The van der Waals surface area contributed by atoms with Crippen LogP contribution in [0, 0.1) is 5.92 Å². The molecule has 0 aromatic heterocycles. The van der Waals surface area contributed by atoms with Crippen LogP contribution in [0.15, 0.2) is 12.1 Å². The third-order valence-electron chi connectivity index (χ3n) is 5.96. The van der Waals surface area contributed by atoms with Crippen molar-refractivity contribution < 1.29 is 14.3 Å². The molecule has 1 atom stereocenters. The predicted octanol–water partition coefficient (Wildman–Crippen LogP) is 2.98. The van der Waals surface area contributed by atoms with Gasteiger partial charge in [0.25, 0.3) is 0 Å². The standard InChI is InChI=1S/C23H35ClN4O3/c1-28(14-22(30)25-16-29)13-4-2-3-12-26-27-21-7-5-6-19-18(21)10-11-20(24)23(19)31-15-17-8-9-17/h10-11,16-17,21,26-27H,2-9,12-15H2,1H3,(H,25,29,30). The average molecular weight is 451 g/mol. The minimum atomic E-state index is -0.265. The molecule has 0 saturated heterocycles. The van der Waals surface area contributed by atoms with E-state index in [0.29, 0.717) is 12.3 Å². The lowest BCUT2D eigenvalue weighted by atomic mass is 9.87. The van der Waals surface area contributed by atoms with Gasteiger partial charge in [0.15, 0.2) is 0 Å². The molecule has 0 spiro atoms. The first-order chi connectivity index (χ1) is 15.1. The maximum atomic E-state index is 11.4. The first-order valence-corrected chi connectivity index (χ1v) is 11.8. The zero-order valence-corrected chi connectivity index (χ0v) is 19.2. The number of hydrogen-bond donors (Lipinski definition) is 3. The summed E-state index contributed by atoms with van der Waals surface area (Å²) in [6.07, 6.45) is 9.34. The zero-order chi connectivity index (χ0) is 22.1. The van der Waals surface area contributed by atoms with Gasteiger partial charge in [0.2, 0.25) is 12.3 Å². The number of nitrogens with one attached hydrogen (secondary N) is 3. The molecule has 1 aromatic rings. The third kappa shape index (κ3) is 7.75. The van der Waals surface area contributed by atoms with Gasteiger partial charge in [0, 0.05) is 18.2 Å². The van der Waals surface area contributed by atoms with Gasteiger partial charge in [-0.1, -0.05) is 24.1 Å². The molecule has 0 bridgehead atoms. The highest BCUT2D eigenvalue weighted by Crippen LogP contribution is 2.40. The van der Waals surface area contributed by atoms with Gasteiger partial charge in [0.05, 0.1) is 18.2 Å². The third-order valence-corrected chi connectivity index (χ3v) is 6.25. The number of rotatable bonds is 14. The van der Waals surface area contributed by atoms with Gasteiger partial charge < -0.3 is 4.74 Å². The predicted molar refractivity (Wildman–Crippen MR) is 122 cm³/mol. The fourth-order valence-corrected chi connectivity index (χ4v) is 4.26. The smallest absolute Gasteiger partial charge is 0.240 e. The van der Waals surface area contributed by atoms with Crippen molar-refractivity contribution in [2.24, 2.45) is 5.92 Å². The Kier molecular flexibility index (Phi) is 9.58. The summed E-state index contributed by atoms with van der Waals surface area (Å²) in [6, 6.07) is 4.37. The number of likely N-dealkylation sites (N-methyl/N-ethyl adjacent to an activating group) is 1. The highest BCUT2D eigenvalue weighted by molar-refractivity contribution is 6.32. The number of benzene rings is 1. The van der Waals surface area contributed by atoms with E-state index in [-0.39, 0.29) is 18.5 Å². The number of fused-ring (bicyclic) bond motifs is 1. The number of ether oxygens (including phenoxy) is 1. The highest BCUT2D eigenvalue weighted by atomic mass is 35.5.